The highest BCUT2D eigenvalue weighted by molar-refractivity contribution is 5.54. The molecular weight excluding hydrogens is 160 g/mol. The predicted octanol–water partition coefficient (Wildman–Crippen LogP) is 1.80. The summed E-state index contributed by atoms with van der Waals surface area (Å²) in [4.78, 5) is 2.06. The summed E-state index contributed by atoms with van der Waals surface area (Å²) in [7, 11) is 4.04. The zero-order valence-corrected chi connectivity index (χ0v) is 8.04. The molecule has 0 saturated carbocycles. The van der Waals surface area contributed by atoms with Crippen LogP contribution in [0.3, 0.4) is 0 Å². The molecule has 0 unspecified atom stereocenters. The third-order valence-corrected chi connectivity index (χ3v) is 1.78. The lowest BCUT2D eigenvalue weighted by Crippen LogP contribution is -2.08. The maximum absolute atomic E-state index is 5.13. The highest BCUT2D eigenvalue weighted by atomic mass is 15.1. The Kier molecular flexibility index (Phi) is 3.22. The number of anilines is 2. The Balaban J connectivity index is 2.65. The minimum atomic E-state index is 0.571. The summed E-state index contributed by atoms with van der Waals surface area (Å²) >= 11 is 0. The van der Waals surface area contributed by atoms with E-state index in [9.17, 15) is 0 Å². The lowest BCUT2D eigenvalue weighted by molar-refractivity contribution is 1.13. The smallest absolute Gasteiger partial charge is 0.0763 e. The van der Waals surface area contributed by atoms with Crippen LogP contribution < -0.4 is 10.2 Å². The molecule has 0 bridgehead atoms. The number of nitrogens with one attached hydrogen (secondary N) is 1. The lowest BCUT2D eigenvalue weighted by Gasteiger charge is -2.12. The molecule has 0 atom stereocenters. The standard InChI is InChI=1S/C11H14N2/c1-4-9-12-10-5-7-11(8-6-10)13(2)3/h1,5-8,12H,9H2,2-3H3. The van der Waals surface area contributed by atoms with E-state index in [1.807, 2.05) is 26.2 Å². The van der Waals surface area contributed by atoms with Crippen LogP contribution in [-0.4, -0.2) is 20.6 Å². The van der Waals surface area contributed by atoms with E-state index in [4.69, 9.17) is 6.42 Å². The lowest BCUT2D eigenvalue weighted by atomic mass is 10.2. The quantitative estimate of drug-likeness (QED) is 0.703. The zero-order chi connectivity index (χ0) is 9.68. The van der Waals surface area contributed by atoms with Gasteiger partial charge in [-0.1, -0.05) is 5.92 Å². The fraction of sp³-hybridized carbons (Fsp3) is 0.273. The Morgan fingerprint density at radius 2 is 1.92 bits per heavy atom. The fourth-order valence-corrected chi connectivity index (χ4v) is 1.03. The topological polar surface area (TPSA) is 15.3 Å². The molecule has 1 rings (SSSR count). The van der Waals surface area contributed by atoms with Gasteiger partial charge in [0.05, 0.1) is 6.54 Å². The van der Waals surface area contributed by atoms with Gasteiger partial charge < -0.3 is 10.2 Å². The molecule has 0 spiro atoms. The molecule has 2 heteroatoms. The van der Waals surface area contributed by atoms with Gasteiger partial charge in [0.2, 0.25) is 0 Å². The second kappa shape index (κ2) is 4.42. The molecule has 0 saturated heterocycles. The average molecular weight is 174 g/mol. The van der Waals surface area contributed by atoms with Gasteiger partial charge in [-0.2, -0.15) is 0 Å². The van der Waals surface area contributed by atoms with Crippen LogP contribution in [0.15, 0.2) is 24.3 Å². The van der Waals surface area contributed by atoms with Gasteiger partial charge in [0.25, 0.3) is 0 Å². The third-order valence-electron chi connectivity index (χ3n) is 1.78. The number of terminal acetylenes is 1. The van der Waals surface area contributed by atoms with Gasteiger partial charge >= 0.3 is 0 Å². The number of benzene rings is 1. The van der Waals surface area contributed by atoms with Crippen LogP contribution in [0, 0.1) is 12.3 Å². The van der Waals surface area contributed by atoms with Crippen molar-refractivity contribution in [3.05, 3.63) is 24.3 Å². The zero-order valence-electron chi connectivity index (χ0n) is 8.04. The molecule has 68 valence electrons. The second-order valence-electron chi connectivity index (χ2n) is 3.00. The molecule has 1 aromatic rings. The first-order chi connectivity index (χ1) is 6.24. The van der Waals surface area contributed by atoms with Crippen LogP contribution in [0.2, 0.25) is 0 Å². The van der Waals surface area contributed by atoms with Gasteiger partial charge in [-0.15, -0.1) is 6.42 Å². The molecule has 0 aliphatic heterocycles. The van der Waals surface area contributed by atoms with Crippen molar-refractivity contribution in [3.63, 3.8) is 0 Å². The molecule has 1 aromatic carbocycles. The van der Waals surface area contributed by atoms with E-state index in [0.717, 1.165) is 5.69 Å². The summed E-state index contributed by atoms with van der Waals surface area (Å²) in [6.45, 7) is 0.571. The van der Waals surface area contributed by atoms with Gasteiger partial charge in [0.1, 0.15) is 0 Å². The van der Waals surface area contributed by atoms with Gasteiger partial charge in [0, 0.05) is 25.5 Å². The predicted molar refractivity (Wildman–Crippen MR) is 58.1 cm³/mol. The molecule has 0 aliphatic carbocycles. The third kappa shape index (κ3) is 2.72. The van der Waals surface area contributed by atoms with E-state index in [0.29, 0.717) is 6.54 Å². The molecule has 0 fully saturated rings. The molecule has 2 nitrogen and oxygen atoms in total. The Hall–Kier alpha value is -1.62. The highest BCUT2D eigenvalue weighted by Crippen LogP contribution is 2.14. The number of nitrogens with zero attached hydrogens (tertiary/aromatic N) is 1. The van der Waals surface area contributed by atoms with E-state index in [2.05, 4.69) is 28.3 Å². The first-order valence-electron chi connectivity index (χ1n) is 4.19. The summed E-state index contributed by atoms with van der Waals surface area (Å²) in [6.07, 6.45) is 5.13. The summed E-state index contributed by atoms with van der Waals surface area (Å²) in [5.74, 6) is 2.53. The number of rotatable bonds is 3. The van der Waals surface area contributed by atoms with E-state index >= 15 is 0 Å². The first-order valence-corrected chi connectivity index (χ1v) is 4.19. The van der Waals surface area contributed by atoms with E-state index < -0.39 is 0 Å². The van der Waals surface area contributed by atoms with E-state index in [1.165, 1.54) is 5.69 Å². The van der Waals surface area contributed by atoms with Crippen LogP contribution in [0.4, 0.5) is 11.4 Å². The van der Waals surface area contributed by atoms with Crippen LogP contribution in [0.5, 0.6) is 0 Å². The van der Waals surface area contributed by atoms with Crippen LogP contribution >= 0.6 is 0 Å². The number of hydrogen-bond acceptors (Lipinski definition) is 2. The van der Waals surface area contributed by atoms with Crippen molar-refractivity contribution in [2.24, 2.45) is 0 Å². The Bertz CT molecular complexity index is 293. The minimum absolute atomic E-state index is 0.571. The van der Waals surface area contributed by atoms with Crippen molar-refractivity contribution in [2.45, 2.75) is 0 Å². The van der Waals surface area contributed by atoms with Crippen molar-refractivity contribution >= 4 is 11.4 Å². The SMILES string of the molecule is C#CCNc1ccc(N(C)C)cc1. The average Bonchev–Trinajstić information content (AvgIpc) is 2.15. The fourth-order valence-electron chi connectivity index (χ4n) is 1.03. The molecule has 0 aliphatic rings. The molecular formula is C11H14N2. The normalized spacial score (nSPS) is 9.00. The van der Waals surface area contributed by atoms with Crippen molar-refractivity contribution in [3.8, 4) is 12.3 Å². The molecule has 0 aromatic heterocycles. The second-order valence-corrected chi connectivity index (χ2v) is 3.00. The van der Waals surface area contributed by atoms with Gasteiger partial charge in [-0.3, -0.25) is 0 Å². The van der Waals surface area contributed by atoms with Crippen LogP contribution in [0.25, 0.3) is 0 Å². The molecule has 13 heavy (non-hydrogen) atoms. The Morgan fingerprint density at radius 1 is 1.31 bits per heavy atom. The van der Waals surface area contributed by atoms with Crippen LogP contribution in [-0.2, 0) is 0 Å². The Morgan fingerprint density at radius 3 is 2.38 bits per heavy atom. The maximum atomic E-state index is 5.13. The van der Waals surface area contributed by atoms with E-state index in [-0.39, 0.29) is 0 Å². The van der Waals surface area contributed by atoms with Gasteiger partial charge in [-0.05, 0) is 24.3 Å². The maximum Gasteiger partial charge on any atom is 0.0763 e. The van der Waals surface area contributed by atoms with Gasteiger partial charge in [0.15, 0.2) is 0 Å². The highest BCUT2D eigenvalue weighted by Gasteiger charge is 1.93. The molecule has 0 radical (unpaired) electrons. The molecule has 1 N–H and O–H groups in total. The molecule has 0 amide bonds. The largest absolute Gasteiger partial charge is 0.378 e. The monoisotopic (exact) mass is 174 g/mol. The Labute approximate surface area is 79.6 Å². The summed E-state index contributed by atoms with van der Waals surface area (Å²) < 4.78 is 0. The first kappa shape index (κ1) is 9.47. The summed E-state index contributed by atoms with van der Waals surface area (Å²) in [6, 6.07) is 8.15. The number of hydrogen-bond donors (Lipinski definition) is 1. The van der Waals surface area contributed by atoms with Crippen molar-refractivity contribution in [1.82, 2.24) is 0 Å². The minimum Gasteiger partial charge on any atom is -0.378 e. The summed E-state index contributed by atoms with van der Waals surface area (Å²) in [5.41, 5.74) is 2.25. The van der Waals surface area contributed by atoms with Crippen molar-refractivity contribution in [2.75, 3.05) is 30.9 Å². The molecule has 0 heterocycles. The summed E-state index contributed by atoms with van der Waals surface area (Å²) in [5, 5.41) is 3.11. The van der Waals surface area contributed by atoms with Crippen LogP contribution in [0.1, 0.15) is 0 Å². The van der Waals surface area contributed by atoms with E-state index in [1.54, 1.807) is 0 Å². The van der Waals surface area contributed by atoms with Crippen molar-refractivity contribution in [1.29, 1.82) is 0 Å². The van der Waals surface area contributed by atoms with Crippen molar-refractivity contribution < 1.29 is 0 Å². The van der Waals surface area contributed by atoms with Gasteiger partial charge in [-0.25, -0.2) is 0 Å².